The van der Waals surface area contributed by atoms with Gasteiger partial charge in [-0.2, -0.15) is 0 Å². The number of imide groups is 1. The molecule has 2 N–H and O–H groups in total. The average molecular weight is 371 g/mol. The number of para-hydroxylation sites is 1. The lowest BCUT2D eigenvalue weighted by Gasteiger charge is -2.04. The van der Waals surface area contributed by atoms with Crippen LogP contribution in [0.1, 0.15) is 12.8 Å². The van der Waals surface area contributed by atoms with Gasteiger partial charge in [0.25, 0.3) is 11.1 Å². The number of nitrogens with one attached hydrogen (secondary N) is 2. The van der Waals surface area contributed by atoms with Gasteiger partial charge in [0.15, 0.2) is 6.61 Å². The van der Waals surface area contributed by atoms with E-state index in [1.807, 2.05) is 0 Å². The first-order chi connectivity index (χ1) is 11.6. The van der Waals surface area contributed by atoms with Crippen molar-refractivity contribution in [3.05, 3.63) is 35.2 Å². The van der Waals surface area contributed by atoms with Crippen LogP contribution in [0, 0.1) is 0 Å². The molecule has 0 aliphatic heterocycles. The summed E-state index contributed by atoms with van der Waals surface area (Å²) < 4.78 is 10.8. The fourth-order valence-corrected chi connectivity index (χ4v) is 2.32. The van der Waals surface area contributed by atoms with Gasteiger partial charge in [0.1, 0.15) is 5.75 Å². The van der Waals surface area contributed by atoms with Crippen molar-refractivity contribution in [2.24, 2.45) is 0 Å². The number of aromatic nitrogens is 2. The Morgan fingerprint density at radius 2 is 2.12 bits per heavy atom. The molecule has 128 valence electrons. The zero-order chi connectivity index (χ0) is 17.4. The molecule has 2 aromatic rings. The SMILES string of the molecule is CCNC(=O)NC(=O)CSc1nnc(COc2ccccc2Cl)o1. The second-order valence-corrected chi connectivity index (χ2v) is 5.71. The number of amides is 3. The second kappa shape index (κ2) is 9.14. The summed E-state index contributed by atoms with van der Waals surface area (Å²) in [6, 6.07) is 6.48. The maximum atomic E-state index is 11.5. The zero-order valence-electron chi connectivity index (χ0n) is 12.7. The smallest absolute Gasteiger partial charge is 0.321 e. The van der Waals surface area contributed by atoms with E-state index in [1.54, 1.807) is 31.2 Å². The third-order valence-corrected chi connectivity index (χ3v) is 3.68. The molecule has 0 fully saturated rings. The third-order valence-electron chi connectivity index (χ3n) is 2.55. The Hall–Kier alpha value is -2.26. The summed E-state index contributed by atoms with van der Waals surface area (Å²) in [6.45, 7) is 2.25. The number of thioether (sulfide) groups is 1. The molecule has 0 aliphatic carbocycles. The van der Waals surface area contributed by atoms with Gasteiger partial charge in [-0.1, -0.05) is 35.5 Å². The molecule has 24 heavy (non-hydrogen) atoms. The average Bonchev–Trinajstić information content (AvgIpc) is 3.00. The Labute approximate surface area is 147 Å². The van der Waals surface area contributed by atoms with E-state index >= 15 is 0 Å². The number of rotatable bonds is 7. The summed E-state index contributed by atoms with van der Waals surface area (Å²) >= 11 is 6.99. The molecular weight excluding hydrogens is 356 g/mol. The standard InChI is InChI=1S/C14H15ClN4O4S/c1-2-16-13(21)17-11(20)8-24-14-19-18-12(23-14)7-22-10-6-4-3-5-9(10)15/h3-6H,2,7-8H2,1H3,(H2,16,17,20,21). The van der Waals surface area contributed by atoms with Gasteiger partial charge in [0.05, 0.1) is 10.8 Å². The summed E-state index contributed by atoms with van der Waals surface area (Å²) in [5, 5.41) is 12.9. The Morgan fingerprint density at radius 1 is 1.33 bits per heavy atom. The minimum Gasteiger partial charge on any atom is -0.482 e. The van der Waals surface area contributed by atoms with Gasteiger partial charge >= 0.3 is 6.03 Å². The fraction of sp³-hybridized carbons (Fsp3) is 0.286. The van der Waals surface area contributed by atoms with E-state index in [0.29, 0.717) is 17.3 Å². The molecule has 0 unspecified atom stereocenters. The predicted octanol–water partition coefficient (Wildman–Crippen LogP) is 2.24. The molecule has 1 heterocycles. The van der Waals surface area contributed by atoms with Gasteiger partial charge in [-0.15, -0.1) is 10.2 Å². The highest BCUT2D eigenvalue weighted by molar-refractivity contribution is 7.99. The normalized spacial score (nSPS) is 10.2. The van der Waals surface area contributed by atoms with Crippen molar-refractivity contribution in [2.75, 3.05) is 12.3 Å². The lowest BCUT2D eigenvalue weighted by molar-refractivity contribution is -0.117. The van der Waals surface area contributed by atoms with Crippen LogP contribution in [0.4, 0.5) is 4.79 Å². The lowest BCUT2D eigenvalue weighted by Crippen LogP contribution is -2.40. The number of hydrogen-bond donors (Lipinski definition) is 2. The minimum atomic E-state index is -0.539. The van der Waals surface area contributed by atoms with Gasteiger partial charge in [-0.25, -0.2) is 4.79 Å². The van der Waals surface area contributed by atoms with E-state index in [0.717, 1.165) is 11.8 Å². The van der Waals surface area contributed by atoms with Crippen molar-refractivity contribution >= 4 is 35.3 Å². The summed E-state index contributed by atoms with van der Waals surface area (Å²) in [7, 11) is 0. The highest BCUT2D eigenvalue weighted by atomic mass is 35.5. The third kappa shape index (κ3) is 5.74. The second-order valence-electron chi connectivity index (χ2n) is 4.38. The summed E-state index contributed by atoms with van der Waals surface area (Å²) in [5.74, 6) is 0.275. The lowest BCUT2D eigenvalue weighted by atomic mass is 10.3. The van der Waals surface area contributed by atoms with Crippen molar-refractivity contribution in [3.8, 4) is 5.75 Å². The van der Waals surface area contributed by atoms with Crippen LogP contribution >= 0.6 is 23.4 Å². The molecule has 1 aromatic carbocycles. The number of carbonyl (C=O) groups excluding carboxylic acids is 2. The van der Waals surface area contributed by atoms with Gasteiger partial charge < -0.3 is 14.5 Å². The molecule has 3 amide bonds. The van der Waals surface area contributed by atoms with Crippen LogP contribution in [-0.4, -0.2) is 34.4 Å². The summed E-state index contributed by atoms with van der Waals surface area (Å²) in [4.78, 5) is 22.7. The van der Waals surface area contributed by atoms with Crippen LogP contribution in [0.2, 0.25) is 5.02 Å². The van der Waals surface area contributed by atoms with Crippen LogP contribution in [0.15, 0.2) is 33.9 Å². The van der Waals surface area contributed by atoms with Crippen LogP contribution in [0.5, 0.6) is 5.75 Å². The van der Waals surface area contributed by atoms with Crippen LogP contribution in [0.25, 0.3) is 0 Å². The molecule has 0 radical (unpaired) electrons. The maximum Gasteiger partial charge on any atom is 0.321 e. The first kappa shape index (κ1) is 18.1. The van der Waals surface area contributed by atoms with E-state index in [4.69, 9.17) is 20.8 Å². The zero-order valence-corrected chi connectivity index (χ0v) is 14.3. The molecular formula is C14H15ClN4O4S. The molecule has 0 bridgehead atoms. The monoisotopic (exact) mass is 370 g/mol. The highest BCUT2D eigenvalue weighted by Crippen LogP contribution is 2.24. The van der Waals surface area contributed by atoms with Crippen molar-refractivity contribution in [1.82, 2.24) is 20.8 Å². The largest absolute Gasteiger partial charge is 0.482 e. The maximum absolute atomic E-state index is 11.5. The first-order valence-corrected chi connectivity index (χ1v) is 8.35. The summed E-state index contributed by atoms with van der Waals surface area (Å²) in [5.41, 5.74) is 0. The van der Waals surface area contributed by atoms with Gasteiger partial charge in [-0.05, 0) is 19.1 Å². The highest BCUT2D eigenvalue weighted by Gasteiger charge is 2.12. The Kier molecular flexibility index (Phi) is 6.89. The minimum absolute atomic E-state index is 0.0237. The van der Waals surface area contributed by atoms with Crippen molar-refractivity contribution < 1.29 is 18.7 Å². The molecule has 1 aromatic heterocycles. The molecule has 0 saturated carbocycles. The van der Waals surface area contributed by atoms with Gasteiger partial charge in [0, 0.05) is 6.54 Å². The number of urea groups is 1. The van der Waals surface area contributed by atoms with Crippen LogP contribution in [0.3, 0.4) is 0 Å². The topological polar surface area (TPSA) is 106 Å². The number of nitrogens with zero attached hydrogens (tertiary/aromatic N) is 2. The number of carbonyl (C=O) groups is 2. The van der Waals surface area contributed by atoms with Crippen LogP contribution < -0.4 is 15.4 Å². The van der Waals surface area contributed by atoms with E-state index in [-0.39, 0.29) is 23.5 Å². The van der Waals surface area contributed by atoms with Crippen molar-refractivity contribution in [1.29, 1.82) is 0 Å². The number of benzene rings is 1. The Bertz CT molecular complexity index is 710. The van der Waals surface area contributed by atoms with E-state index in [9.17, 15) is 9.59 Å². The van der Waals surface area contributed by atoms with Gasteiger partial charge in [-0.3, -0.25) is 10.1 Å². The Balaban J connectivity index is 1.78. The number of ether oxygens (including phenoxy) is 1. The van der Waals surface area contributed by atoms with Crippen molar-refractivity contribution in [3.63, 3.8) is 0 Å². The molecule has 0 spiro atoms. The summed E-state index contributed by atoms with van der Waals surface area (Å²) in [6.07, 6.45) is 0. The van der Waals surface area contributed by atoms with E-state index in [1.165, 1.54) is 0 Å². The van der Waals surface area contributed by atoms with Crippen molar-refractivity contribution in [2.45, 2.75) is 18.8 Å². The molecule has 0 aliphatic rings. The van der Waals surface area contributed by atoms with Gasteiger partial charge in [0.2, 0.25) is 5.91 Å². The molecule has 8 nitrogen and oxygen atoms in total. The predicted molar refractivity (Wildman–Crippen MR) is 88.0 cm³/mol. The quantitative estimate of drug-likeness (QED) is 0.720. The molecule has 0 saturated heterocycles. The Morgan fingerprint density at radius 3 is 2.88 bits per heavy atom. The van der Waals surface area contributed by atoms with E-state index < -0.39 is 11.9 Å². The molecule has 0 atom stereocenters. The molecule has 2 rings (SSSR count). The molecule has 10 heteroatoms. The fourth-order valence-electron chi connectivity index (χ4n) is 1.55. The van der Waals surface area contributed by atoms with E-state index in [2.05, 4.69) is 20.8 Å². The van der Waals surface area contributed by atoms with Crippen LogP contribution in [-0.2, 0) is 11.4 Å². The number of halogens is 1. The first-order valence-electron chi connectivity index (χ1n) is 6.98. The number of hydrogen-bond acceptors (Lipinski definition) is 7.